The Morgan fingerprint density at radius 1 is 0.341 bits per heavy atom. The molecule has 13 nitrogen and oxygen atoms in total. The molecule has 0 radical (unpaired) electrons. The summed E-state index contributed by atoms with van der Waals surface area (Å²) in [4.78, 5) is 70.7. The van der Waals surface area contributed by atoms with Gasteiger partial charge >= 0.3 is 35.8 Å². The summed E-state index contributed by atoms with van der Waals surface area (Å²) in [5, 5.41) is 0. The SMILES string of the molecule is O=C(CCl)OCC(COCC(COC(=O)CCl)(COC(=O)CCl)COC(=O)CCl)(COC(=O)CCl)COC(=O)CCl. The summed E-state index contributed by atoms with van der Waals surface area (Å²) in [5.74, 6) is -8.26. The van der Waals surface area contributed by atoms with Crippen LogP contribution in [0.5, 0.6) is 0 Å². The first-order chi connectivity index (χ1) is 19.4. The predicted molar refractivity (Wildman–Crippen MR) is 146 cm³/mol. The van der Waals surface area contributed by atoms with Gasteiger partial charge in [-0.25, -0.2) is 0 Å². The maximum atomic E-state index is 11.8. The molecule has 0 unspecified atom stereocenters. The lowest BCUT2D eigenvalue weighted by Crippen LogP contribution is -2.47. The molecule has 0 N–H and O–H groups in total. The third-order valence-electron chi connectivity index (χ3n) is 4.71. The zero-order valence-corrected chi connectivity index (χ0v) is 26.0. The molecule has 0 amide bonds. The molecule has 0 spiro atoms. The fourth-order valence-corrected chi connectivity index (χ4v) is 3.08. The molecule has 0 aromatic rings. The molecule has 0 fully saturated rings. The van der Waals surface area contributed by atoms with Crippen molar-refractivity contribution < 1.29 is 61.9 Å². The zero-order chi connectivity index (χ0) is 31.3. The van der Waals surface area contributed by atoms with Gasteiger partial charge in [-0.05, 0) is 0 Å². The molecule has 0 aromatic carbocycles. The molecule has 0 aromatic heterocycles. The molecule has 0 aliphatic rings. The first-order valence-electron chi connectivity index (χ1n) is 11.3. The summed E-state index contributed by atoms with van der Waals surface area (Å²) in [6.07, 6.45) is 0. The molecular weight excluding hydrogens is 685 g/mol. The number of carbonyl (C=O) groups is 6. The number of alkyl halides is 6. The van der Waals surface area contributed by atoms with Gasteiger partial charge in [-0.3, -0.25) is 28.8 Å². The quantitative estimate of drug-likeness (QED) is 0.0905. The first kappa shape index (κ1) is 39.5. The van der Waals surface area contributed by atoms with Crippen molar-refractivity contribution >= 4 is 105 Å². The van der Waals surface area contributed by atoms with Crippen molar-refractivity contribution in [2.24, 2.45) is 10.8 Å². The van der Waals surface area contributed by atoms with Crippen LogP contribution in [0, 0.1) is 10.8 Å². The van der Waals surface area contributed by atoms with E-state index in [2.05, 4.69) is 0 Å². The fourth-order valence-electron chi connectivity index (χ4n) is 2.62. The van der Waals surface area contributed by atoms with Gasteiger partial charge in [0.1, 0.15) is 74.9 Å². The van der Waals surface area contributed by atoms with Crippen molar-refractivity contribution in [2.75, 3.05) is 88.1 Å². The normalized spacial score (nSPS) is 11.3. The highest BCUT2D eigenvalue weighted by molar-refractivity contribution is 6.27. The monoisotopic (exact) mass is 710 g/mol. The molecular formula is C22H28Cl6O13. The van der Waals surface area contributed by atoms with Gasteiger partial charge in [-0.15, -0.1) is 69.6 Å². The molecule has 0 atom stereocenters. The van der Waals surface area contributed by atoms with E-state index in [9.17, 15) is 28.8 Å². The van der Waals surface area contributed by atoms with Gasteiger partial charge in [0.2, 0.25) is 0 Å². The van der Waals surface area contributed by atoms with E-state index in [1.807, 2.05) is 0 Å². The fraction of sp³-hybridized carbons (Fsp3) is 0.727. The highest BCUT2D eigenvalue weighted by Crippen LogP contribution is 2.26. The van der Waals surface area contributed by atoms with E-state index >= 15 is 0 Å². The maximum Gasteiger partial charge on any atom is 0.320 e. The molecule has 41 heavy (non-hydrogen) atoms. The smallest absolute Gasteiger partial charge is 0.320 e. The number of esters is 6. The number of hydrogen-bond acceptors (Lipinski definition) is 13. The van der Waals surface area contributed by atoms with Gasteiger partial charge in [0.15, 0.2) is 0 Å². The Balaban J connectivity index is 6.21. The Hall–Kier alpha value is -1.48. The summed E-state index contributed by atoms with van der Waals surface area (Å²) in [7, 11) is 0. The van der Waals surface area contributed by atoms with E-state index in [0.29, 0.717) is 0 Å². The molecule has 236 valence electrons. The molecule has 0 heterocycles. The molecule has 0 saturated carbocycles. The largest absolute Gasteiger partial charge is 0.464 e. The van der Waals surface area contributed by atoms with Crippen LogP contribution in [-0.4, -0.2) is 124 Å². The Morgan fingerprint density at radius 3 is 0.659 bits per heavy atom. The van der Waals surface area contributed by atoms with E-state index in [4.69, 9.17) is 103 Å². The van der Waals surface area contributed by atoms with Crippen LogP contribution in [0.2, 0.25) is 0 Å². The molecule has 0 rings (SSSR count). The Labute approximate surface area is 265 Å². The van der Waals surface area contributed by atoms with Crippen LogP contribution < -0.4 is 0 Å². The first-order valence-corrected chi connectivity index (χ1v) is 14.5. The van der Waals surface area contributed by atoms with E-state index in [-0.39, 0.29) is 0 Å². The lowest BCUT2D eigenvalue weighted by atomic mass is 9.90. The number of ether oxygens (including phenoxy) is 7. The number of halogens is 6. The number of rotatable bonds is 22. The maximum absolute atomic E-state index is 11.8. The second-order valence-electron chi connectivity index (χ2n) is 8.26. The Kier molecular flexibility index (Phi) is 21.3. The van der Waals surface area contributed by atoms with Crippen LogP contribution in [-0.2, 0) is 61.9 Å². The van der Waals surface area contributed by atoms with Crippen LogP contribution in [0.3, 0.4) is 0 Å². The van der Waals surface area contributed by atoms with Crippen LogP contribution in [0.25, 0.3) is 0 Å². The van der Waals surface area contributed by atoms with Gasteiger partial charge in [0.05, 0.1) is 24.0 Å². The lowest BCUT2D eigenvalue weighted by molar-refractivity contribution is -0.172. The van der Waals surface area contributed by atoms with Crippen molar-refractivity contribution in [3.8, 4) is 0 Å². The van der Waals surface area contributed by atoms with Crippen molar-refractivity contribution in [3.63, 3.8) is 0 Å². The van der Waals surface area contributed by atoms with Gasteiger partial charge in [-0.1, -0.05) is 0 Å². The minimum absolute atomic E-state index is 0.466. The lowest BCUT2D eigenvalue weighted by Gasteiger charge is -2.35. The Morgan fingerprint density at radius 2 is 0.512 bits per heavy atom. The highest BCUT2D eigenvalue weighted by Gasteiger charge is 2.40. The van der Waals surface area contributed by atoms with E-state index in [1.54, 1.807) is 0 Å². The predicted octanol–water partition coefficient (Wildman–Crippen LogP) is 1.67. The standard InChI is InChI=1S/C22H28Cl6O13/c23-1-15(29)36-9-21(10-37-16(30)2-24,11-38-17(31)3-25)7-35-8-22(12-39-18(32)4-26,13-40-19(33)5-27)14-41-20(34)6-28/h1-14H2. The second kappa shape index (κ2) is 22.1. The van der Waals surface area contributed by atoms with E-state index in [0.717, 1.165) is 0 Å². The van der Waals surface area contributed by atoms with Gasteiger partial charge in [0.25, 0.3) is 0 Å². The van der Waals surface area contributed by atoms with Gasteiger partial charge < -0.3 is 33.2 Å². The minimum atomic E-state index is -1.54. The van der Waals surface area contributed by atoms with Gasteiger partial charge in [-0.2, -0.15) is 0 Å². The minimum Gasteiger partial charge on any atom is -0.464 e. The van der Waals surface area contributed by atoms with Crippen LogP contribution >= 0.6 is 69.6 Å². The van der Waals surface area contributed by atoms with Crippen LogP contribution in [0.1, 0.15) is 0 Å². The third-order valence-corrected chi connectivity index (χ3v) is 6.02. The van der Waals surface area contributed by atoms with Crippen molar-refractivity contribution in [1.82, 2.24) is 0 Å². The highest BCUT2D eigenvalue weighted by atomic mass is 35.5. The van der Waals surface area contributed by atoms with Crippen molar-refractivity contribution in [1.29, 1.82) is 0 Å². The molecule has 0 bridgehead atoms. The number of carbonyl (C=O) groups excluding carboxylic acids is 6. The van der Waals surface area contributed by atoms with Crippen LogP contribution in [0.15, 0.2) is 0 Å². The average molecular weight is 713 g/mol. The summed E-state index contributed by atoms with van der Waals surface area (Å²) in [6.45, 7) is -4.10. The molecule has 19 heteroatoms. The molecule has 0 aliphatic carbocycles. The molecule has 0 aliphatic heterocycles. The average Bonchev–Trinajstić information content (AvgIpc) is 3.00. The number of hydrogen-bond donors (Lipinski definition) is 0. The van der Waals surface area contributed by atoms with Crippen molar-refractivity contribution in [3.05, 3.63) is 0 Å². The van der Waals surface area contributed by atoms with Gasteiger partial charge in [0, 0.05) is 0 Å². The Bertz CT molecular complexity index is 704. The third kappa shape index (κ3) is 17.3. The summed E-state index contributed by atoms with van der Waals surface area (Å²) in [6, 6.07) is 0. The zero-order valence-electron chi connectivity index (χ0n) is 21.5. The van der Waals surface area contributed by atoms with Crippen molar-refractivity contribution in [2.45, 2.75) is 0 Å². The van der Waals surface area contributed by atoms with E-state index < -0.39 is 135 Å². The molecule has 0 saturated heterocycles. The van der Waals surface area contributed by atoms with E-state index in [1.165, 1.54) is 0 Å². The summed E-state index contributed by atoms with van der Waals surface area (Å²) < 4.78 is 36.4. The summed E-state index contributed by atoms with van der Waals surface area (Å²) in [5.41, 5.74) is -3.08. The second-order valence-corrected chi connectivity index (χ2v) is 9.86. The van der Waals surface area contributed by atoms with Crippen LogP contribution in [0.4, 0.5) is 0 Å². The summed E-state index contributed by atoms with van der Waals surface area (Å²) >= 11 is 33.0. The topological polar surface area (TPSA) is 167 Å².